The van der Waals surface area contributed by atoms with Gasteiger partial charge in [0.15, 0.2) is 0 Å². The molecule has 1 amide bonds. The lowest BCUT2D eigenvalue weighted by molar-refractivity contribution is 0.142. The Bertz CT molecular complexity index is 605. The highest BCUT2D eigenvalue weighted by atomic mass is 35.5. The maximum Gasteiger partial charge on any atom is 0.410 e. The average Bonchev–Trinajstić information content (AvgIpc) is 3.02. The van der Waals surface area contributed by atoms with E-state index in [9.17, 15) is 4.79 Å². The van der Waals surface area contributed by atoms with Crippen LogP contribution in [-0.4, -0.2) is 36.8 Å². The second-order valence-corrected chi connectivity index (χ2v) is 6.00. The van der Waals surface area contributed by atoms with E-state index in [1.54, 1.807) is 30.2 Å². The van der Waals surface area contributed by atoms with Crippen molar-refractivity contribution < 1.29 is 14.3 Å². The molecule has 21 heavy (non-hydrogen) atoms. The quantitative estimate of drug-likeness (QED) is 0.791. The largest absolute Gasteiger partial charge is 0.496 e. The van der Waals surface area contributed by atoms with Crippen LogP contribution in [0.2, 0.25) is 10.0 Å². The second-order valence-electron chi connectivity index (χ2n) is 5.21. The number of benzene rings is 1. The van der Waals surface area contributed by atoms with Crippen LogP contribution in [0.4, 0.5) is 4.79 Å². The molecule has 0 aromatic heterocycles. The third kappa shape index (κ3) is 2.27. The summed E-state index contributed by atoms with van der Waals surface area (Å²) in [4.78, 5) is 13.6. The number of nitrogens with zero attached hydrogens (tertiary/aromatic N) is 1. The molecular weight excluding hydrogens is 313 g/mol. The summed E-state index contributed by atoms with van der Waals surface area (Å²) in [6.07, 6.45) is 1.84. The molecule has 0 saturated carbocycles. The number of carbonyl (C=O) groups is 1. The molecule has 6 heteroatoms. The molecule has 0 bridgehead atoms. The SMILES string of the molecule is C=CC1OC(=O)N2C[C@@H](c3c(OC)ccc(Cl)c3Cl)C[C@@H]12. The molecular formula is C15H15Cl2NO3. The van der Waals surface area contributed by atoms with Crippen molar-refractivity contribution in [2.24, 2.45) is 0 Å². The number of methoxy groups -OCH3 is 1. The van der Waals surface area contributed by atoms with Crippen molar-refractivity contribution in [3.05, 3.63) is 40.4 Å². The van der Waals surface area contributed by atoms with E-state index in [2.05, 4.69) is 6.58 Å². The third-order valence-corrected chi connectivity index (χ3v) is 4.97. The van der Waals surface area contributed by atoms with Crippen LogP contribution in [0.1, 0.15) is 17.9 Å². The predicted octanol–water partition coefficient (Wildman–Crippen LogP) is 3.86. The van der Waals surface area contributed by atoms with Gasteiger partial charge in [0, 0.05) is 18.0 Å². The number of cyclic esters (lactones) is 1. The molecule has 3 atom stereocenters. The summed E-state index contributed by atoms with van der Waals surface area (Å²) >= 11 is 12.5. The van der Waals surface area contributed by atoms with Crippen molar-refractivity contribution in [2.75, 3.05) is 13.7 Å². The molecule has 0 spiro atoms. The lowest BCUT2D eigenvalue weighted by atomic mass is 9.93. The molecule has 0 N–H and O–H groups in total. The van der Waals surface area contributed by atoms with E-state index >= 15 is 0 Å². The van der Waals surface area contributed by atoms with Crippen LogP contribution in [0.3, 0.4) is 0 Å². The summed E-state index contributed by atoms with van der Waals surface area (Å²) in [5, 5.41) is 0.980. The van der Waals surface area contributed by atoms with Crippen LogP contribution >= 0.6 is 23.2 Å². The van der Waals surface area contributed by atoms with Crippen LogP contribution in [0, 0.1) is 0 Å². The van der Waals surface area contributed by atoms with Crippen LogP contribution in [0.25, 0.3) is 0 Å². The van der Waals surface area contributed by atoms with Gasteiger partial charge < -0.3 is 14.4 Å². The van der Waals surface area contributed by atoms with Crippen molar-refractivity contribution in [2.45, 2.75) is 24.5 Å². The normalized spacial score (nSPS) is 27.5. The monoisotopic (exact) mass is 327 g/mol. The van der Waals surface area contributed by atoms with Gasteiger partial charge in [-0.15, -0.1) is 0 Å². The van der Waals surface area contributed by atoms with Gasteiger partial charge in [0.25, 0.3) is 0 Å². The first-order valence-corrected chi connectivity index (χ1v) is 7.44. The molecule has 1 unspecified atom stereocenters. The van der Waals surface area contributed by atoms with Crippen LogP contribution in [-0.2, 0) is 4.74 Å². The zero-order valence-corrected chi connectivity index (χ0v) is 13.0. The fourth-order valence-corrected chi connectivity index (χ4v) is 3.65. The zero-order chi connectivity index (χ0) is 15.1. The molecule has 2 heterocycles. The van der Waals surface area contributed by atoms with E-state index in [1.165, 1.54) is 0 Å². The summed E-state index contributed by atoms with van der Waals surface area (Å²) in [6, 6.07) is 3.51. The van der Waals surface area contributed by atoms with Gasteiger partial charge in [-0.05, 0) is 24.6 Å². The molecule has 2 aliphatic rings. The number of halogens is 2. The molecule has 4 nitrogen and oxygen atoms in total. The molecule has 0 radical (unpaired) electrons. The van der Waals surface area contributed by atoms with Crippen LogP contribution in [0.5, 0.6) is 5.75 Å². The topological polar surface area (TPSA) is 38.8 Å². The number of ether oxygens (including phenoxy) is 2. The van der Waals surface area contributed by atoms with E-state index in [0.717, 1.165) is 12.0 Å². The standard InChI is InChI=1S/C15H15Cl2NO3/c1-3-11-10-6-8(7-18(10)15(19)21-11)13-12(20-2)5-4-9(16)14(13)17/h3-5,8,10-11H,1,6-7H2,2H3/t8-,10-,11?/m0/s1. The van der Waals surface area contributed by atoms with Gasteiger partial charge in [-0.2, -0.15) is 0 Å². The number of fused-ring (bicyclic) bond motifs is 1. The molecule has 3 rings (SSSR count). The van der Waals surface area contributed by atoms with Crippen molar-refractivity contribution in [1.29, 1.82) is 0 Å². The first-order chi connectivity index (χ1) is 10.1. The molecule has 1 aromatic rings. The van der Waals surface area contributed by atoms with Gasteiger partial charge in [-0.1, -0.05) is 29.8 Å². The smallest absolute Gasteiger partial charge is 0.410 e. The van der Waals surface area contributed by atoms with Gasteiger partial charge >= 0.3 is 6.09 Å². The Morgan fingerprint density at radius 1 is 1.48 bits per heavy atom. The highest BCUT2D eigenvalue weighted by Gasteiger charge is 2.48. The number of hydrogen-bond acceptors (Lipinski definition) is 3. The lowest BCUT2D eigenvalue weighted by Gasteiger charge is -2.18. The lowest BCUT2D eigenvalue weighted by Crippen LogP contribution is -2.29. The number of rotatable bonds is 3. The Balaban J connectivity index is 1.96. The van der Waals surface area contributed by atoms with Gasteiger partial charge in [-0.25, -0.2) is 4.79 Å². The van der Waals surface area contributed by atoms with E-state index in [1.807, 2.05) is 0 Å². The summed E-state index contributed by atoms with van der Waals surface area (Å²) < 4.78 is 10.6. The fourth-order valence-electron chi connectivity index (χ4n) is 3.17. The summed E-state index contributed by atoms with van der Waals surface area (Å²) in [5.41, 5.74) is 0.858. The van der Waals surface area contributed by atoms with Gasteiger partial charge in [0.2, 0.25) is 0 Å². The van der Waals surface area contributed by atoms with Crippen LogP contribution < -0.4 is 4.74 Å². The first kappa shape index (κ1) is 14.5. The maximum atomic E-state index is 11.9. The molecule has 2 fully saturated rings. The molecule has 2 aliphatic heterocycles. The minimum atomic E-state index is -0.301. The fraction of sp³-hybridized carbons (Fsp3) is 0.400. The van der Waals surface area contributed by atoms with Crippen molar-refractivity contribution in [3.8, 4) is 5.75 Å². The predicted molar refractivity (Wildman–Crippen MR) is 81.3 cm³/mol. The van der Waals surface area contributed by atoms with Crippen molar-refractivity contribution in [3.63, 3.8) is 0 Å². The summed E-state index contributed by atoms with van der Waals surface area (Å²) in [5.74, 6) is 0.769. The Kier molecular flexibility index (Phi) is 3.76. The van der Waals surface area contributed by atoms with E-state index < -0.39 is 0 Å². The van der Waals surface area contributed by atoms with Crippen LogP contribution in [0.15, 0.2) is 24.8 Å². The Morgan fingerprint density at radius 3 is 2.90 bits per heavy atom. The Hall–Kier alpha value is -1.39. The van der Waals surface area contributed by atoms with E-state index in [-0.39, 0.29) is 24.2 Å². The highest BCUT2D eigenvalue weighted by molar-refractivity contribution is 6.42. The second kappa shape index (κ2) is 5.43. The Labute approximate surface area is 133 Å². The molecule has 112 valence electrons. The molecule has 0 aliphatic carbocycles. The minimum Gasteiger partial charge on any atom is -0.496 e. The van der Waals surface area contributed by atoms with Gasteiger partial charge in [0.05, 0.1) is 23.2 Å². The average molecular weight is 328 g/mol. The van der Waals surface area contributed by atoms with E-state index in [4.69, 9.17) is 32.7 Å². The van der Waals surface area contributed by atoms with Crippen molar-refractivity contribution in [1.82, 2.24) is 4.90 Å². The first-order valence-electron chi connectivity index (χ1n) is 6.68. The summed E-state index contributed by atoms with van der Waals surface area (Å²) in [6.45, 7) is 4.27. The molecule has 2 saturated heterocycles. The number of carbonyl (C=O) groups excluding carboxylic acids is 1. The van der Waals surface area contributed by atoms with Gasteiger partial charge in [0.1, 0.15) is 11.9 Å². The number of amides is 1. The maximum absolute atomic E-state index is 11.9. The Morgan fingerprint density at radius 2 is 2.24 bits per heavy atom. The molecule has 1 aromatic carbocycles. The third-order valence-electron chi connectivity index (χ3n) is 4.15. The van der Waals surface area contributed by atoms with Gasteiger partial charge in [-0.3, -0.25) is 0 Å². The summed E-state index contributed by atoms with van der Waals surface area (Å²) in [7, 11) is 1.60. The number of hydrogen-bond donors (Lipinski definition) is 0. The highest BCUT2D eigenvalue weighted by Crippen LogP contribution is 2.45. The zero-order valence-electron chi connectivity index (χ0n) is 11.5. The van der Waals surface area contributed by atoms with Crippen molar-refractivity contribution >= 4 is 29.3 Å². The minimum absolute atomic E-state index is 0.000227. The van der Waals surface area contributed by atoms with E-state index in [0.29, 0.717) is 22.3 Å².